The summed E-state index contributed by atoms with van der Waals surface area (Å²) in [5, 5.41) is 8.35. The van der Waals surface area contributed by atoms with Crippen LogP contribution < -0.4 is 10.9 Å². The highest BCUT2D eigenvalue weighted by atomic mass is 16.5. The molecule has 5 nitrogen and oxygen atoms in total. The van der Waals surface area contributed by atoms with Gasteiger partial charge in [-0.15, -0.1) is 0 Å². The molecule has 1 aromatic carbocycles. The Bertz CT molecular complexity index is 758. The van der Waals surface area contributed by atoms with Gasteiger partial charge in [-0.1, -0.05) is 23.4 Å². The largest absolute Gasteiger partial charge is 0.360 e. The Hall–Kier alpha value is -2.56. The van der Waals surface area contributed by atoms with E-state index in [0.29, 0.717) is 22.8 Å². The number of aromatic nitrogens is 2. The van der Waals surface area contributed by atoms with Crippen molar-refractivity contribution in [1.82, 2.24) is 10.1 Å². The summed E-state index contributed by atoms with van der Waals surface area (Å²) < 4.78 is 4.95. The first-order valence-corrected chi connectivity index (χ1v) is 5.55. The van der Waals surface area contributed by atoms with E-state index in [1.54, 1.807) is 19.1 Å². The van der Waals surface area contributed by atoms with Gasteiger partial charge in [0, 0.05) is 11.5 Å². The molecule has 0 amide bonds. The molecule has 90 valence electrons. The Morgan fingerprint density at radius 1 is 1.28 bits per heavy atom. The highest BCUT2D eigenvalue weighted by molar-refractivity contribution is 5.84. The minimum absolute atomic E-state index is 0.129. The number of anilines is 2. The molecule has 0 fully saturated rings. The fourth-order valence-electron chi connectivity index (χ4n) is 1.84. The van der Waals surface area contributed by atoms with Crippen molar-refractivity contribution in [1.29, 1.82) is 0 Å². The van der Waals surface area contributed by atoms with Gasteiger partial charge in [0.1, 0.15) is 11.6 Å². The van der Waals surface area contributed by atoms with Crippen molar-refractivity contribution in [2.45, 2.75) is 6.92 Å². The maximum atomic E-state index is 11.9. The number of H-pyrrole nitrogens is 1. The predicted octanol–water partition coefficient (Wildman–Crippen LogP) is 2.57. The molecule has 0 saturated carbocycles. The smallest absolute Gasteiger partial charge is 0.257 e. The van der Waals surface area contributed by atoms with Gasteiger partial charge < -0.3 is 14.8 Å². The molecule has 0 radical (unpaired) electrons. The summed E-state index contributed by atoms with van der Waals surface area (Å²) in [5.41, 5.74) is -0.129. The number of nitrogens with one attached hydrogen (secondary N) is 2. The highest BCUT2D eigenvalue weighted by Crippen LogP contribution is 2.17. The minimum Gasteiger partial charge on any atom is -0.360 e. The van der Waals surface area contributed by atoms with Gasteiger partial charge in [-0.2, -0.15) is 0 Å². The van der Waals surface area contributed by atoms with E-state index in [-0.39, 0.29) is 5.56 Å². The van der Waals surface area contributed by atoms with Crippen LogP contribution in [-0.2, 0) is 0 Å². The van der Waals surface area contributed by atoms with E-state index in [4.69, 9.17) is 4.52 Å². The van der Waals surface area contributed by atoms with Gasteiger partial charge in [0.2, 0.25) is 0 Å². The van der Waals surface area contributed by atoms with Crippen LogP contribution in [0.1, 0.15) is 5.76 Å². The Morgan fingerprint density at radius 2 is 2.11 bits per heavy atom. The summed E-state index contributed by atoms with van der Waals surface area (Å²) in [6.07, 6.45) is 0. The zero-order chi connectivity index (χ0) is 12.5. The van der Waals surface area contributed by atoms with Crippen LogP contribution in [0.25, 0.3) is 10.8 Å². The van der Waals surface area contributed by atoms with E-state index in [2.05, 4.69) is 15.5 Å². The van der Waals surface area contributed by atoms with Gasteiger partial charge in [-0.05, 0) is 24.4 Å². The molecular formula is C13H11N3O2. The molecule has 0 aliphatic carbocycles. The number of hydrogen-bond acceptors (Lipinski definition) is 4. The molecule has 2 aromatic heterocycles. The molecule has 5 heteroatoms. The maximum Gasteiger partial charge on any atom is 0.257 e. The minimum atomic E-state index is -0.129. The van der Waals surface area contributed by atoms with E-state index in [9.17, 15) is 4.79 Å². The normalized spacial score (nSPS) is 10.7. The predicted molar refractivity (Wildman–Crippen MR) is 69.1 cm³/mol. The fraction of sp³-hybridized carbons (Fsp3) is 0.0769. The van der Waals surface area contributed by atoms with Crippen molar-refractivity contribution < 1.29 is 4.52 Å². The van der Waals surface area contributed by atoms with Crippen molar-refractivity contribution >= 4 is 22.4 Å². The number of aryl methyl sites for hydroxylation is 1. The lowest BCUT2D eigenvalue weighted by molar-refractivity contribution is 0.400. The number of fused-ring (bicyclic) bond motifs is 1. The van der Waals surface area contributed by atoms with Crippen molar-refractivity contribution in [2.24, 2.45) is 0 Å². The van der Waals surface area contributed by atoms with Gasteiger partial charge in [-0.3, -0.25) is 4.79 Å². The van der Waals surface area contributed by atoms with Crippen LogP contribution in [0.2, 0.25) is 0 Å². The second kappa shape index (κ2) is 4.03. The quantitative estimate of drug-likeness (QED) is 0.723. The molecule has 0 atom stereocenters. The van der Waals surface area contributed by atoms with Gasteiger partial charge in [0.25, 0.3) is 5.56 Å². The first kappa shape index (κ1) is 10.6. The lowest BCUT2D eigenvalue weighted by atomic mass is 10.2. The molecule has 2 heterocycles. The van der Waals surface area contributed by atoms with Crippen molar-refractivity contribution in [3.8, 4) is 0 Å². The van der Waals surface area contributed by atoms with Crippen LogP contribution in [0.4, 0.5) is 11.6 Å². The number of aromatic amines is 1. The fourth-order valence-corrected chi connectivity index (χ4v) is 1.84. The summed E-state index contributed by atoms with van der Waals surface area (Å²) in [7, 11) is 0. The first-order chi connectivity index (χ1) is 8.72. The Labute approximate surface area is 102 Å². The molecule has 0 bridgehead atoms. The molecule has 0 aliphatic heterocycles. The van der Waals surface area contributed by atoms with Gasteiger partial charge >= 0.3 is 0 Å². The van der Waals surface area contributed by atoms with E-state index in [0.717, 1.165) is 5.39 Å². The number of pyridine rings is 1. The van der Waals surface area contributed by atoms with Crippen LogP contribution in [0.5, 0.6) is 0 Å². The summed E-state index contributed by atoms with van der Waals surface area (Å²) in [6.45, 7) is 1.81. The van der Waals surface area contributed by atoms with Gasteiger partial charge in [0.05, 0.1) is 0 Å². The van der Waals surface area contributed by atoms with E-state index in [1.165, 1.54) is 0 Å². The summed E-state index contributed by atoms with van der Waals surface area (Å²) in [4.78, 5) is 14.6. The molecule has 3 rings (SSSR count). The van der Waals surface area contributed by atoms with Gasteiger partial charge in [-0.25, -0.2) is 0 Å². The molecule has 0 saturated heterocycles. The number of hydrogen-bond donors (Lipinski definition) is 2. The average molecular weight is 241 g/mol. The topological polar surface area (TPSA) is 70.9 Å². The average Bonchev–Trinajstić information content (AvgIpc) is 2.75. The van der Waals surface area contributed by atoms with E-state index < -0.39 is 0 Å². The van der Waals surface area contributed by atoms with Crippen LogP contribution in [0, 0.1) is 6.92 Å². The van der Waals surface area contributed by atoms with Gasteiger partial charge in [0.15, 0.2) is 5.82 Å². The Morgan fingerprint density at radius 3 is 2.89 bits per heavy atom. The van der Waals surface area contributed by atoms with Crippen molar-refractivity contribution in [3.63, 3.8) is 0 Å². The van der Waals surface area contributed by atoms with Crippen molar-refractivity contribution in [3.05, 3.63) is 52.5 Å². The monoisotopic (exact) mass is 241 g/mol. The maximum absolute atomic E-state index is 11.9. The number of benzene rings is 1. The van der Waals surface area contributed by atoms with Crippen LogP contribution in [0.3, 0.4) is 0 Å². The Kier molecular flexibility index (Phi) is 2.37. The second-order valence-corrected chi connectivity index (χ2v) is 4.05. The van der Waals surface area contributed by atoms with E-state index in [1.807, 2.05) is 24.3 Å². The highest BCUT2D eigenvalue weighted by Gasteiger charge is 2.04. The molecule has 0 spiro atoms. The van der Waals surface area contributed by atoms with Crippen LogP contribution >= 0.6 is 0 Å². The lowest BCUT2D eigenvalue weighted by Gasteiger charge is -2.03. The standard InChI is InChI=1S/C13H11N3O2/c1-8-6-12(16-18-8)14-11-7-9-4-2-3-5-10(9)13(17)15-11/h2-7H,1H3,(H2,14,15,16,17). The van der Waals surface area contributed by atoms with E-state index >= 15 is 0 Å². The second-order valence-electron chi connectivity index (χ2n) is 4.05. The summed E-state index contributed by atoms with van der Waals surface area (Å²) in [5.74, 6) is 1.87. The Balaban J connectivity index is 2.05. The first-order valence-electron chi connectivity index (χ1n) is 5.55. The SMILES string of the molecule is Cc1cc(Nc2cc3ccccc3c(=O)[nH]2)no1. The van der Waals surface area contributed by atoms with Crippen LogP contribution in [0.15, 0.2) is 45.7 Å². The third-order valence-electron chi connectivity index (χ3n) is 2.64. The zero-order valence-corrected chi connectivity index (χ0v) is 9.73. The molecule has 2 N–H and O–H groups in total. The lowest BCUT2D eigenvalue weighted by Crippen LogP contribution is -2.08. The van der Waals surface area contributed by atoms with Crippen molar-refractivity contribution in [2.75, 3.05) is 5.32 Å². The molecule has 0 unspecified atom stereocenters. The molecule has 0 aliphatic rings. The molecule has 3 aromatic rings. The number of nitrogens with zero attached hydrogens (tertiary/aromatic N) is 1. The summed E-state index contributed by atoms with van der Waals surface area (Å²) >= 11 is 0. The third kappa shape index (κ3) is 1.86. The summed E-state index contributed by atoms with van der Waals surface area (Å²) in [6, 6.07) is 11.0. The third-order valence-corrected chi connectivity index (χ3v) is 2.64. The number of rotatable bonds is 2. The zero-order valence-electron chi connectivity index (χ0n) is 9.73. The molecule has 18 heavy (non-hydrogen) atoms. The van der Waals surface area contributed by atoms with Crippen LogP contribution in [-0.4, -0.2) is 10.1 Å². The molecular weight excluding hydrogens is 230 g/mol.